The molecule has 1 saturated heterocycles. The smallest absolute Gasteiger partial charge is 0.0978 e. The van der Waals surface area contributed by atoms with Crippen molar-refractivity contribution in [3.8, 4) is 0 Å². The van der Waals surface area contributed by atoms with Gasteiger partial charge in [0.05, 0.1) is 6.10 Å². The van der Waals surface area contributed by atoms with E-state index < -0.39 is 0 Å². The molecule has 2 N–H and O–H groups in total. The average molecular weight is 249 g/mol. The first-order valence-electron chi connectivity index (χ1n) is 6.82. The van der Waals surface area contributed by atoms with E-state index in [1.807, 2.05) is 25.1 Å². The van der Waals surface area contributed by atoms with Crippen LogP contribution < -0.4 is 5.73 Å². The summed E-state index contributed by atoms with van der Waals surface area (Å²) >= 11 is 0. The standard InChI is InChI=1S/C15H23NO2/c1-2-18-15(13-6-4-3-5-7-13)14(16)12-8-10-17-11-9-12/h3-7,12,14-15H,2,8-11,16H2,1H3. The summed E-state index contributed by atoms with van der Waals surface area (Å²) in [6.07, 6.45) is 2.08. The maximum Gasteiger partial charge on any atom is 0.0978 e. The fourth-order valence-corrected chi connectivity index (χ4v) is 2.60. The van der Waals surface area contributed by atoms with Gasteiger partial charge in [0.2, 0.25) is 0 Å². The summed E-state index contributed by atoms with van der Waals surface area (Å²) in [5.41, 5.74) is 7.61. The summed E-state index contributed by atoms with van der Waals surface area (Å²) < 4.78 is 11.3. The molecule has 1 heterocycles. The lowest BCUT2D eigenvalue weighted by Crippen LogP contribution is -2.40. The van der Waals surface area contributed by atoms with Crippen molar-refractivity contribution in [2.75, 3.05) is 19.8 Å². The first-order valence-corrected chi connectivity index (χ1v) is 6.82. The van der Waals surface area contributed by atoms with Gasteiger partial charge in [0.15, 0.2) is 0 Å². The Morgan fingerprint density at radius 3 is 2.56 bits per heavy atom. The molecule has 1 aliphatic rings. The average Bonchev–Trinajstić information content (AvgIpc) is 2.46. The summed E-state index contributed by atoms with van der Waals surface area (Å²) in [5.74, 6) is 0.496. The molecule has 100 valence electrons. The van der Waals surface area contributed by atoms with Gasteiger partial charge in [-0.15, -0.1) is 0 Å². The molecule has 1 aromatic rings. The topological polar surface area (TPSA) is 44.5 Å². The van der Waals surface area contributed by atoms with Gasteiger partial charge < -0.3 is 15.2 Å². The van der Waals surface area contributed by atoms with Crippen LogP contribution in [0.1, 0.15) is 31.4 Å². The van der Waals surface area contributed by atoms with Crippen molar-refractivity contribution >= 4 is 0 Å². The van der Waals surface area contributed by atoms with Crippen molar-refractivity contribution in [2.24, 2.45) is 11.7 Å². The minimum Gasteiger partial charge on any atom is -0.381 e. The predicted molar refractivity (Wildman–Crippen MR) is 72.3 cm³/mol. The van der Waals surface area contributed by atoms with Gasteiger partial charge in [0, 0.05) is 25.9 Å². The Kier molecular flexibility index (Phi) is 5.17. The van der Waals surface area contributed by atoms with Crippen LogP contribution in [0, 0.1) is 5.92 Å². The molecule has 0 aliphatic carbocycles. The zero-order valence-corrected chi connectivity index (χ0v) is 11.0. The van der Waals surface area contributed by atoms with Gasteiger partial charge in [-0.05, 0) is 31.2 Å². The van der Waals surface area contributed by atoms with E-state index in [1.54, 1.807) is 0 Å². The van der Waals surface area contributed by atoms with Crippen LogP contribution in [0.15, 0.2) is 30.3 Å². The van der Waals surface area contributed by atoms with Crippen molar-refractivity contribution in [1.82, 2.24) is 0 Å². The van der Waals surface area contributed by atoms with Crippen molar-refractivity contribution < 1.29 is 9.47 Å². The summed E-state index contributed by atoms with van der Waals surface area (Å²) in [7, 11) is 0. The van der Waals surface area contributed by atoms with Gasteiger partial charge in [-0.1, -0.05) is 30.3 Å². The van der Waals surface area contributed by atoms with Crippen molar-refractivity contribution in [1.29, 1.82) is 0 Å². The first kappa shape index (κ1) is 13.5. The van der Waals surface area contributed by atoms with Crippen LogP contribution in [0.2, 0.25) is 0 Å². The lowest BCUT2D eigenvalue weighted by Gasteiger charge is -2.33. The fraction of sp³-hybridized carbons (Fsp3) is 0.600. The van der Waals surface area contributed by atoms with Crippen LogP contribution in [-0.2, 0) is 9.47 Å². The summed E-state index contributed by atoms with van der Waals surface area (Å²) in [6, 6.07) is 10.3. The molecule has 1 aliphatic heterocycles. The molecule has 0 spiro atoms. The molecule has 18 heavy (non-hydrogen) atoms. The molecule has 1 aromatic carbocycles. The van der Waals surface area contributed by atoms with E-state index in [1.165, 1.54) is 5.56 Å². The third-order valence-electron chi connectivity index (χ3n) is 3.63. The van der Waals surface area contributed by atoms with E-state index in [2.05, 4.69) is 12.1 Å². The summed E-state index contributed by atoms with van der Waals surface area (Å²) in [5, 5.41) is 0. The van der Waals surface area contributed by atoms with Gasteiger partial charge in [0.25, 0.3) is 0 Å². The molecule has 0 bridgehead atoms. The van der Waals surface area contributed by atoms with Crippen molar-refractivity contribution in [2.45, 2.75) is 31.9 Å². The Hall–Kier alpha value is -0.900. The molecule has 2 rings (SSSR count). The van der Waals surface area contributed by atoms with Crippen LogP contribution in [0.4, 0.5) is 0 Å². The zero-order valence-electron chi connectivity index (χ0n) is 11.0. The van der Waals surface area contributed by atoms with Crippen LogP contribution >= 0.6 is 0 Å². The SMILES string of the molecule is CCOC(c1ccccc1)C(N)C1CCOCC1. The number of hydrogen-bond donors (Lipinski definition) is 1. The van der Waals surface area contributed by atoms with E-state index in [0.29, 0.717) is 12.5 Å². The number of hydrogen-bond acceptors (Lipinski definition) is 3. The van der Waals surface area contributed by atoms with Gasteiger partial charge >= 0.3 is 0 Å². The molecule has 3 nitrogen and oxygen atoms in total. The molecular weight excluding hydrogens is 226 g/mol. The molecule has 2 atom stereocenters. The highest BCUT2D eigenvalue weighted by atomic mass is 16.5. The normalized spacial score (nSPS) is 20.6. The largest absolute Gasteiger partial charge is 0.381 e. The number of benzene rings is 1. The minimum absolute atomic E-state index is 0.000648. The van der Waals surface area contributed by atoms with E-state index in [9.17, 15) is 0 Å². The monoisotopic (exact) mass is 249 g/mol. The number of rotatable bonds is 5. The molecule has 0 aromatic heterocycles. The Morgan fingerprint density at radius 1 is 1.28 bits per heavy atom. The number of nitrogens with two attached hydrogens (primary N) is 1. The lowest BCUT2D eigenvalue weighted by atomic mass is 9.86. The van der Waals surface area contributed by atoms with Gasteiger partial charge in [0.1, 0.15) is 0 Å². The van der Waals surface area contributed by atoms with Crippen LogP contribution in [0.5, 0.6) is 0 Å². The minimum atomic E-state index is -0.000648. The molecule has 0 radical (unpaired) electrons. The second-order valence-electron chi connectivity index (χ2n) is 4.81. The second kappa shape index (κ2) is 6.88. The molecule has 3 heteroatoms. The first-order chi connectivity index (χ1) is 8.83. The molecule has 0 amide bonds. The Labute approximate surface area is 109 Å². The summed E-state index contributed by atoms with van der Waals surface area (Å²) in [4.78, 5) is 0. The molecule has 1 fully saturated rings. The highest BCUT2D eigenvalue weighted by Gasteiger charge is 2.29. The quantitative estimate of drug-likeness (QED) is 0.872. The van der Waals surface area contributed by atoms with E-state index >= 15 is 0 Å². The van der Waals surface area contributed by atoms with Crippen molar-refractivity contribution in [3.63, 3.8) is 0 Å². The maximum atomic E-state index is 6.43. The molecule has 0 saturated carbocycles. The Balaban J connectivity index is 2.08. The second-order valence-corrected chi connectivity index (χ2v) is 4.81. The van der Waals surface area contributed by atoms with E-state index in [4.69, 9.17) is 15.2 Å². The van der Waals surface area contributed by atoms with Crippen LogP contribution in [-0.4, -0.2) is 25.9 Å². The highest BCUT2D eigenvalue weighted by molar-refractivity contribution is 5.19. The Bertz CT molecular complexity index is 336. The van der Waals surface area contributed by atoms with E-state index in [-0.39, 0.29) is 12.1 Å². The van der Waals surface area contributed by atoms with Crippen molar-refractivity contribution in [3.05, 3.63) is 35.9 Å². The zero-order chi connectivity index (χ0) is 12.8. The van der Waals surface area contributed by atoms with Crippen LogP contribution in [0.25, 0.3) is 0 Å². The highest BCUT2D eigenvalue weighted by Crippen LogP contribution is 2.29. The molecule has 2 unspecified atom stereocenters. The van der Waals surface area contributed by atoms with Gasteiger partial charge in [-0.3, -0.25) is 0 Å². The third-order valence-corrected chi connectivity index (χ3v) is 3.63. The maximum absolute atomic E-state index is 6.43. The number of ether oxygens (including phenoxy) is 2. The van der Waals surface area contributed by atoms with Gasteiger partial charge in [-0.2, -0.15) is 0 Å². The lowest BCUT2D eigenvalue weighted by molar-refractivity contribution is -0.00271. The van der Waals surface area contributed by atoms with Crippen LogP contribution in [0.3, 0.4) is 0 Å². The fourth-order valence-electron chi connectivity index (χ4n) is 2.60. The summed E-state index contributed by atoms with van der Waals surface area (Å²) in [6.45, 7) is 4.36. The third kappa shape index (κ3) is 3.31. The molecular formula is C15H23NO2. The van der Waals surface area contributed by atoms with E-state index in [0.717, 1.165) is 26.1 Å². The van der Waals surface area contributed by atoms with Gasteiger partial charge in [-0.25, -0.2) is 0 Å². The predicted octanol–water partition coefficient (Wildman–Crippen LogP) is 2.52. The Morgan fingerprint density at radius 2 is 1.94 bits per heavy atom.